The maximum absolute atomic E-state index is 14.1. The molecular formula is C23H18F3NO4. The molecule has 0 saturated carbocycles. The predicted molar refractivity (Wildman–Crippen MR) is 108 cm³/mol. The van der Waals surface area contributed by atoms with Crippen molar-refractivity contribution >= 4 is 17.3 Å². The fourth-order valence-electron chi connectivity index (χ4n) is 3.71. The highest BCUT2D eigenvalue weighted by atomic mass is 19.2. The third-order valence-corrected chi connectivity index (χ3v) is 5.25. The molecule has 0 atom stereocenters. The molecule has 0 amide bonds. The minimum absolute atomic E-state index is 0.486. The lowest BCUT2D eigenvalue weighted by Crippen LogP contribution is -2.29. The van der Waals surface area contributed by atoms with Crippen LogP contribution in [0.25, 0.3) is 0 Å². The van der Waals surface area contributed by atoms with Gasteiger partial charge in [-0.3, -0.25) is 4.79 Å². The van der Waals surface area contributed by atoms with Crippen LogP contribution >= 0.6 is 0 Å². The fraction of sp³-hybridized carbons (Fsp3) is 0.174. The van der Waals surface area contributed by atoms with Crippen LogP contribution in [0.3, 0.4) is 0 Å². The first-order valence-electron chi connectivity index (χ1n) is 9.30. The number of hydrogen-bond acceptors (Lipinski definition) is 5. The van der Waals surface area contributed by atoms with Crippen molar-refractivity contribution in [1.29, 1.82) is 0 Å². The van der Waals surface area contributed by atoms with Crippen LogP contribution in [0.4, 0.5) is 24.5 Å². The van der Waals surface area contributed by atoms with E-state index in [1.165, 1.54) is 14.2 Å². The topological polar surface area (TPSA) is 48.0 Å². The number of benzene rings is 3. The van der Waals surface area contributed by atoms with E-state index >= 15 is 0 Å². The van der Waals surface area contributed by atoms with Crippen molar-refractivity contribution < 1.29 is 32.2 Å². The van der Waals surface area contributed by atoms with Gasteiger partial charge in [-0.15, -0.1) is 0 Å². The average Bonchev–Trinajstić information content (AvgIpc) is 2.78. The minimum Gasteiger partial charge on any atom is -0.497 e. The predicted octanol–water partition coefficient (Wildman–Crippen LogP) is 4.94. The number of carbonyl (C=O) groups excluding carboxylic acids is 1. The molecule has 0 N–H and O–H groups in total. The normalized spacial score (nSPS) is 12.8. The lowest BCUT2D eigenvalue weighted by Gasteiger charge is -2.34. The van der Waals surface area contributed by atoms with E-state index in [1.807, 2.05) is 11.9 Å². The van der Waals surface area contributed by atoms with Crippen molar-refractivity contribution in [3.63, 3.8) is 0 Å². The summed E-state index contributed by atoms with van der Waals surface area (Å²) in [5.74, 6) is -6.22. The number of methoxy groups -OCH3 is 2. The average molecular weight is 429 g/mol. The number of rotatable bonds is 4. The monoisotopic (exact) mass is 429 g/mol. The molecular weight excluding hydrogens is 411 g/mol. The van der Waals surface area contributed by atoms with Gasteiger partial charge in [0.05, 0.1) is 14.2 Å². The number of esters is 1. The van der Waals surface area contributed by atoms with E-state index < -0.39 is 35.1 Å². The van der Waals surface area contributed by atoms with E-state index in [9.17, 15) is 18.0 Å². The van der Waals surface area contributed by atoms with E-state index in [-0.39, 0.29) is 0 Å². The van der Waals surface area contributed by atoms with Gasteiger partial charge in [-0.2, -0.15) is 4.39 Å². The Labute approximate surface area is 176 Å². The van der Waals surface area contributed by atoms with Crippen LogP contribution in [0.1, 0.15) is 17.0 Å². The third kappa shape index (κ3) is 3.43. The summed E-state index contributed by atoms with van der Waals surface area (Å²) in [5.41, 5.74) is 2.37. The maximum Gasteiger partial charge on any atom is 0.323 e. The molecule has 0 fully saturated rings. The van der Waals surface area contributed by atoms with Gasteiger partial charge in [0.15, 0.2) is 11.6 Å². The van der Waals surface area contributed by atoms with Gasteiger partial charge in [0.1, 0.15) is 17.4 Å². The Bertz CT molecular complexity index is 1130. The highest BCUT2D eigenvalue weighted by Crippen LogP contribution is 2.47. The van der Waals surface area contributed by atoms with Crippen LogP contribution in [0.15, 0.2) is 48.5 Å². The molecule has 0 saturated heterocycles. The van der Waals surface area contributed by atoms with Crippen molar-refractivity contribution in [1.82, 2.24) is 0 Å². The maximum atomic E-state index is 14.1. The van der Waals surface area contributed by atoms with Crippen LogP contribution < -0.4 is 19.1 Å². The van der Waals surface area contributed by atoms with E-state index in [4.69, 9.17) is 14.2 Å². The van der Waals surface area contributed by atoms with Gasteiger partial charge in [0.25, 0.3) is 0 Å². The summed E-state index contributed by atoms with van der Waals surface area (Å²) >= 11 is 0. The summed E-state index contributed by atoms with van der Waals surface area (Å²) in [4.78, 5) is 15.1. The molecule has 0 radical (unpaired) electrons. The van der Waals surface area contributed by atoms with Gasteiger partial charge in [0.2, 0.25) is 11.6 Å². The highest BCUT2D eigenvalue weighted by molar-refractivity contribution is 5.92. The first-order chi connectivity index (χ1) is 14.8. The lowest BCUT2D eigenvalue weighted by atomic mass is 9.84. The summed E-state index contributed by atoms with van der Waals surface area (Å²) in [6.07, 6.45) is 0. The molecule has 8 heteroatoms. The van der Waals surface area contributed by atoms with Crippen LogP contribution in [-0.2, 0) is 4.79 Å². The second-order valence-electron chi connectivity index (χ2n) is 6.93. The molecule has 3 aromatic carbocycles. The molecule has 0 spiro atoms. The van der Waals surface area contributed by atoms with Gasteiger partial charge < -0.3 is 19.1 Å². The summed E-state index contributed by atoms with van der Waals surface area (Å²) in [7, 11) is 4.79. The molecule has 5 nitrogen and oxygen atoms in total. The molecule has 160 valence electrons. The molecule has 1 aliphatic rings. The number of halogens is 3. The number of ether oxygens (including phenoxy) is 3. The minimum atomic E-state index is -1.57. The Morgan fingerprint density at radius 3 is 1.87 bits per heavy atom. The second-order valence-corrected chi connectivity index (χ2v) is 6.93. The van der Waals surface area contributed by atoms with Crippen LogP contribution in [0.5, 0.6) is 17.2 Å². The van der Waals surface area contributed by atoms with Gasteiger partial charge in [-0.25, -0.2) is 8.78 Å². The second kappa shape index (κ2) is 7.86. The molecule has 0 aliphatic carbocycles. The highest BCUT2D eigenvalue weighted by Gasteiger charge is 2.37. The molecule has 0 aromatic heterocycles. The van der Waals surface area contributed by atoms with E-state index in [2.05, 4.69) is 0 Å². The zero-order valence-corrected chi connectivity index (χ0v) is 16.9. The van der Waals surface area contributed by atoms with Crippen molar-refractivity contribution in [2.45, 2.75) is 5.92 Å². The van der Waals surface area contributed by atoms with Crippen LogP contribution in [0.2, 0.25) is 0 Å². The Morgan fingerprint density at radius 2 is 1.35 bits per heavy atom. The number of anilines is 2. The Kier molecular flexibility index (Phi) is 5.22. The van der Waals surface area contributed by atoms with Crippen LogP contribution in [0, 0.1) is 17.5 Å². The zero-order valence-electron chi connectivity index (χ0n) is 16.9. The fourth-order valence-corrected chi connectivity index (χ4v) is 3.71. The molecule has 3 aromatic rings. The Morgan fingerprint density at radius 1 is 0.839 bits per heavy atom. The summed E-state index contributed by atoms with van der Waals surface area (Å²) in [6, 6.07) is 11.6. The first-order valence-corrected chi connectivity index (χ1v) is 9.30. The van der Waals surface area contributed by atoms with Gasteiger partial charge >= 0.3 is 5.97 Å². The SMILES string of the molecule is COc1ccc2c(c1)C(C(=O)Oc1c(F)ccc(F)c1F)c1cc(OC)ccc1N2C. The van der Waals surface area contributed by atoms with Crippen LogP contribution in [-0.4, -0.2) is 27.2 Å². The number of carbonyl (C=O) groups is 1. The van der Waals surface area contributed by atoms with Crippen molar-refractivity contribution in [2.24, 2.45) is 0 Å². The molecule has 0 unspecified atom stereocenters. The van der Waals surface area contributed by atoms with E-state index in [0.29, 0.717) is 46.1 Å². The summed E-state index contributed by atoms with van der Waals surface area (Å²) < 4.78 is 57.5. The Balaban J connectivity index is 1.87. The lowest BCUT2D eigenvalue weighted by molar-refractivity contribution is -0.135. The zero-order chi connectivity index (χ0) is 22.3. The Hall–Kier alpha value is -3.68. The molecule has 4 rings (SSSR count). The molecule has 1 aliphatic heterocycles. The molecule has 31 heavy (non-hydrogen) atoms. The number of hydrogen-bond donors (Lipinski definition) is 0. The standard InChI is InChI=1S/C23H18F3NO4/c1-27-18-8-4-12(29-2)10-14(18)20(15-11-13(30-3)5-9-19(15)27)23(28)31-22-17(25)7-6-16(24)21(22)26/h4-11,20H,1-3H3. The largest absolute Gasteiger partial charge is 0.497 e. The number of nitrogens with zero attached hydrogens (tertiary/aromatic N) is 1. The van der Waals surface area contributed by atoms with Crippen molar-refractivity contribution in [2.75, 3.05) is 26.2 Å². The van der Waals surface area contributed by atoms with Crippen molar-refractivity contribution in [3.8, 4) is 17.2 Å². The summed E-state index contributed by atoms with van der Waals surface area (Å²) in [5, 5.41) is 0. The van der Waals surface area contributed by atoms with Gasteiger partial charge in [-0.05, 0) is 59.7 Å². The van der Waals surface area contributed by atoms with Gasteiger partial charge in [-0.1, -0.05) is 0 Å². The molecule has 0 bridgehead atoms. The summed E-state index contributed by atoms with van der Waals surface area (Å²) in [6.45, 7) is 0. The smallest absolute Gasteiger partial charge is 0.323 e. The van der Waals surface area contributed by atoms with E-state index in [1.54, 1.807) is 36.4 Å². The van der Waals surface area contributed by atoms with E-state index in [0.717, 1.165) is 0 Å². The van der Waals surface area contributed by atoms with Crippen molar-refractivity contribution in [3.05, 3.63) is 77.1 Å². The quantitative estimate of drug-likeness (QED) is 0.334. The first kappa shape index (κ1) is 20.6. The number of fused-ring (bicyclic) bond motifs is 2. The third-order valence-electron chi connectivity index (χ3n) is 5.25. The molecule has 1 heterocycles. The van der Waals surface area contributed by atoms with Gasteiger partial charge in [0, 0.05) is 18.4 Å².